The van der Waals surface area contributed by atoms with Gasteiger partial charge >= 0.3 is 0 Å². The lowest BCUT2D eigenvalue weighted by atomic mass is 10.2. The van der Waals surface area contributed by atoms with Crippen LogP contribution in [0.25, 0.3) is 22.2 Å². The Morgan fingerprint density at radius 1 is 1.29 bits per heavy atom. The molecule has 0 unspecified atom stereocenters. The van der Waals surface area contributed by atoms with Gasteiger partial charge in [-0.3, -0.25) is 4.79 Å². The molecule has 0 aliphatic carbocycles. The topological polar surface area (TPSA) is 88.5 Å². The summed E-state index contributed by atoms with van der Waals surface area (Å²) in [6.07, 6.45) is 3.21. The molecule has 0 aliphatic heterocycles. The summed E-state index contributed by atoms with van der Waals surface area (Å²) < 4.78 is 1.80. The maximum atomic E-state index is 12.3. The van der Waals surface area contributed by atoms with E-state index in [0.29, 0.717) is 21.9 Å². The third-order valence-corrected chi connectivity index (χ3v) is 3.96. The number of benzene rings is 1. The number of imidazole rings is 2. The molecule has 4 aromatic rings. The van der Waals surface area contributed by atoms with Gasteiger partial charge in [-0.2, -0.15) is 0 Å². The number of rotatable bonds is 3. The lowest BCUT2D eigenvalue weighted by Crippen LogP contribution is -2.23. The summed E-state index contributed by atoms with van der Waals surface area (Å²) in [5.41, 5.74) is 3.52. The molecule has 120 valence electrons. The Balaban J connectivity index is 1.51. The van der Waals surface area contributed by atoms with E-state index < -0.39 is 0 Å². The first-order valence-corrected chi connectivity index (χ1v) is 7.67. The van der Waals surface area contributed by atoms with Crippen molar-refractivity contribution < 1.29 is 4.79 Å². The van der Waals surface area contributed by atoms with Crippen molar-refractivity contribution in [3.63, 3.8) is 0 Å². The monoisotopic (exact) mass is 340 g/mol. The van der Waals surface area contributed by atoms with Crippen LogP contribution in [0.3, 0.4) is 0 Å². The van der Waals surface area contributed by atoms with Crippen LogP contribution in [0.15, 0.2) is 36.8 Å². The first-order chi connectivity index (χ1) is 11.6. The van der Waals surface area contributed by atoms with Gasteiger partial charge in [-0.1, -0.05) is 11.6 Å². The van der Waals surface area contributed by atoms with Crippen LogP contribution < -0.4 is 5.32 Å². The van der Waals surface area contributed by atoms with Crippen LogP contribution in [-0.4, -0.2) is 30.4 Å². The molecule has 0 bridgehead atoms. The van der Waals surface area contributed by atoms with Crippen LogP contribution in [-0.2, 0) is 13.6 Å². The normalized spacial score (nSPS) is 11.2. The van der Waals surface area contributed by atoms with Crippen LogP contribution in [0.2, 0.25) is 5.02 Å². The number of halogens is 1. The van der Waals surface area contributed by atoms with Gasteiger partial charge in [0.15, 0.2) is 5.65 Å². The van der Waals surface area contributed by atoms with Crippen molar-refractivity contribution in [2.24, 2.45) is 7.05 Å². The molecule has 0 atom stereocenters. The number of aromatic amines is 1. The van der Waals surface area contributed by atoms with Crippen molar-refractivity contribution in [2.45, 2.75) is 6.54 Å². The average molecular weight is 341 g/mol. The number of aryl methyl sites for hydroxylation is 1. The largest absolute Gasteiger partial charge is 0.345 e. The molecule has 0 fully saturated rings. The summed E-state index contributed by atoms with van der Waals surface area (Å²) >= 11 is 5.95. The highest BCUT2D eigenvalue weighted by Crippen LogP contribution is 2.17. The van der Waals surface area contributed by atoms with Crippen molar-refractivity contribution >= 4 is 39.7 Å². The first-order valence-electron chi connectivity index (χ1n) is 7.29. The zero-order chi connectivity index (χ0) is 16.7. The summed E-state index contributed by atoms with van der Waals surface area (Å²) in [6.45, 7) is 0.283. The third kappa shape index (κ3) is 2.59. The number of amides is 1. The zero-order valence-electron chi connectivity index (χ0n) is 12.7. The Labute approximate surface area is 141 Å². The third-order valence-electron chi connectivity index (χ3n) is 3.72. The SMILES string of the molecule is Cn1cnc2cc(C(=O)NCc3nc4ccc(Cl)cc4[nH]3)cnc21. The van der Waals surface area contributed by atoms with Gasteiger partial charge in [0, 0.05) is 18.3 Å². The van der Waals surface area contributed by atoms with Gasteiger partial charge in [-0.05, 0) is 24.3 Å². The molecule has 0 spiro atoms. The van der Waals surface area contributed by atoms with Gasteiger partial charge in [-0.15, -0.1) is 0 Å². The molecule has 8 heteroatoms. The van der Waals surface area contributed by atoms with E-state index in [2.05, 4.69) is 25.3 Å². The van der Waals surface area contributed by atoms with Crippen LogP contribution in [0.4, 0.5) is 0 Å². The minimum absolute atomic E-state index is 0.228. The second-order valence-corrected chi connectivity index (χ2v) is 5.89. The van der Waals surface area contributed by atoms with Crippen LogP contribution in [0.1, 0.15) is 16.2 Å². The number of hydrogen-bond acceptors (Lipinski definition) is 4. The fourth-order valence-electron chi connectivity index (χ4n) is 2.52. The van der Waals surface area contributed by atoms with E-state index in [4.69, 9.17) is 11.6 Å². The molecule has 1 amide bonds. The Kier molecular flexibility index (Phi) is 3.42. The molecule has 0 saturated heterocycles. The molecule has 3 heterocycles. The highest BCUT2D eigenvalue weighted by atomic mass is 35.5. The van der Waals surface area contributed by atoms with E-state index in [1.165, 1.54) is 6.20 Å². The molecule has 1 aromatic carbocycles. The van der Waals surface area contributed by atoms with Crippen molar-refractivity contribution in [1.29, 1.82) is 0 Å². The predicted octanol–water partition coefficient (Wildman–Crippen LogP) is 2.43. The van der Waals surface area contributed by atoms with E-state index in [9.17, 15) is 4.79 Å². The van der Waals surface area contributed by atoms with E-state index in [1.807, 2.05) is 13.1 Å². The van der Waals surface area contributed by atoms with E-state index in [-0.39, 0.29) is 12.5 Å². The quantitative estimate of drug-likeness (QED) is 0.599. The van der Waals surface area contributed by atoms with Crippen LogP contribution in [0.5, 0.6) is 0 Å². The number of nitrogens with one attached hydrogen (secondary N) is 2. The van der Waals surface area contributed by atoms with Crippen molar-refractivity contribution in [3.8, 4) is 0 Å². The molecule has 7 nitrogen and oxygen atoms in total. The summed E-state index contributed by atoms with van der Waals surface area (Å²) in [4.78, 5) is 28.3. The standard InChI is InChI=1S/C16H13ClN6O/c1-23-8-20-13-4-9(6-18-15(13)23)16(24)19-7-14-21-11-3-2-10(17)5-12(11)22-14/h2-6,8H,7H2,1H3,(H,19,24)(H,21,22). The minimum atomic E-state index is -0.228. The number of pyridine rings is 1. The highest BCUT2D eigenvalue weighted by molar-refractivity contribution is 6.31. The number of nitrogens with zero attached hydrogens (tertiary/aromatic N) is 4. The Hall–Kier alpha value is -2.93. The van der Waals surface area contributed by atoms with Gasteiger partial charge in [0.1, 0.15) is 11.3 Å². The molecule has 4 rings (SSSR count). The fourth-order valence-corrected chi connectivity index (χ4v) is 2.70. The number of fused-ring (bicyclic) bond motifs is 2. The second kappa shape index (κ2) is 5.61. The lowest BCUT2D eigenvalue weighted by Gasteiger charge is -2.03. The summed E-state index contributed by atoms with van der Waals surface area (Å²) in [7, 11) is 1.86. The Morgan fingerprint density at radius 2 is 2.17 bits per heavy atom. The van der Waals surface area contributed by atoms with Crippen molar-refractivity contribution in [1.82, 2.24) is 29.8 Å². The fraction of sp³-hybridized carbons (Fsp3) is 0.125. The zero-order valence-corrected chi connectivity index (χ0v) is 13.5. The van der Waals surface area contributed by atoms with Crippen LogP contribution >= 0.6 is 11.6 Å². The second-order valence-electron chi connectivity index (χ2n) is 5.45. The van der Waals surface area contributed by atoms with E-state index in [0.717, 1.165) is 16.7 Å². The van der Waals surface area contributed by atoms with Crippen LogP contribution in [0, 0.1) is 0 Å². The lowest BCUT2D eigenvalue weighted by molar-refractivity contribution is 0.0950. The summed E-state index contributed by atoms with van der Waals surface area (Å²) in [6, 6.07) is 7.13. The first kappa shape index (κ1) is 14.6. The molecule has 3 aromatic heterocycles. The number of carbonyl (C=O) groups is 1. The number of aromatic nitrogens is 5. The maximum Gasteiger partial charge on any atom is 0.253 e. The molecule has 0 radical (unpaired) electrons. The number of carbonyl (C=O) groups excluding carboxylic acids is 1. The Morgan fingerprint density at radius 3 is 3.04 bits per heavy atom. The smallest absolute Gasteiger partial charge is 0.253 e. The molecule has 2 N–H and O–H groups in total. The number of H-pyrrole nitrogens is 1. The van der Waals surface area contributed by atoms with Gasteiger partial charge < -0.3 is 14.9 Å². The predicted molar refractivity (Wildman–Crippen MR) is 90.8 cm³/mol. The van der Waals surface area contributed by atoms with Gasteiger partial charge in [-0.25, -0.2) is 15.0 Å². The Bertz CT molecular complexity index is 1070. The summed E-state index contributed by atoms with van der Waals surface area (Å²) in [5.74, 6) is 0.432. The number of hydrogen-bond donors (Lipinski definition) is 2. The van der Waals surface area contributed by atoms with E-state index >= 15 is 0 Å². The molecular weight excluding hydrogens is 328 g/mol. The van der Waals surface area contributed by atoms with Gasteiger partial charge in [0.25, 0.3) is 5.91 Å². The average Bonchev–Trinajstić information content (AvgIpc) is 3.15. The van der Waals surface area contributed by atoms with Gasteiger partial charge in [0.2, 0.25) is 0 Å². The summed E-state index contributed by atoms with van der Waals surface area (Å²) in [5, 5.41) is 3.46. The molecule has 24 heavy (non-hydrogen) atoms. The van der Waals surface area contributed by atoms with Crippen molar-refractivity contribution in [3.05, 3.63) is 53.2 Å². The van der Waals surface area contributed by atoms with Crippen molar-refractivity contribution in [2.75, 3.05) is 0 Å². The molecule has 0 saturated carbocycles. The van der Waals surface area contributed by atoms with E-state index in [1.54, 1.807) is 29.1 Å². The minimum Gasteiger partial charge on any atom is -0.345 e. The molecular formula is C16H13ClN6O. The molecule has 0 aliphatic rings. The highest BCUT2D eigenvalue weighted by Gasteiger charge is 2.10. The van der Waals surface area contributed by atoms with Gasteiger partial charge in [0.05, 0.1) is 29.5 Å². The maximum absolute atomic E-state index is 12.3.